The van der Waals surface area contributed by atoms with E-state index >= 15 is 0 Å². The zero-order valence-corrected chi connectivity index (χ0v) is 8.27. The van der Waals surface area contributed by atoms with Crippen LogP contribution in [0, 0.1) is 4.77 Å². The van der Waals surface area contributed by atoms with Crippen molar-refractivity contribution in [1.82, 2.24) is 9.13 Å². The van der Waals surface area contributed by atoms with Gasteiger partial charge in [0.15, 0.2) is 4.77 Å². The van der Waals surface area contributed by atoms with Crippen molar-refractivity contribution < 1.29 is 25.2 Å². The van der Waals surface area contributed by atoms with E-state index < -0.39 is 12.5 Å². The Bertz CT molecular complexity index is 460. The third-order valence-corrected chi connectivity index (χ3v) is 2.04. The summed E-state index contributed by atoms with van der Waals surface area (Å²) in [7, 11) is 0. The molecule has 0 fully saturated rings. The summed E-state index contributed by atoms with van der Waals surface area (Å²) in [4.78, 5) is 14.3. The summed E-state index contributed by atoms with van der Waals surface area (Å²) in [6.07, 6.45) is 1.09. The van der Waals surface area contributed by atoms with Crippen LogP contribution in [0.2, 0.25) is 0 Å². The zero-order valence-electron chi connectivity index (χ0n) is 7.45. The van der Waals surface area contributed by atoms with Crippen LogP contribution in [0.25, 0.3) is 5.88 Å². The number of rotatable bonds is 4. The maximum Gasteiger partial charge on any atom is 0.323 e. The van der Waals surface area contributed by atoms with Crippen LogP contribution in [-0.4, -0.2) is 30.6 Å². The second kappa shape index (κ2) is 4.15. The van der Waals surface area contributed by atoms with Crippen LogP contribution in [0.1, 0.15) is 0 Å². The lowest BCUT2D eigenvalue weighted by Gasteiger charge is -2.01. The van der Waals surface area contributed by atoms with Crippen molar-refractivity contribution in [1.29, 1.82) is 0 Å². The Kier molecular flexibility index (Phi) is 3.12. The standard InChI is InChI=1S/C7H8N2O5S/c1-4(14-13)8-2-5(10)9(7(8)15)3-6(11)12/h2,10,13H,1,3H2,(H,11,12). The first-order valence-electron chi connectivity index (χ1n) is 3.71. The van der Waals surface area contributed by atoms with E-state index in [9.17, 15) is 9.90 Å². The highest BCUT2D eigenvalue weighted by Crippen LogP contribution is 2.16. The van der Waals surface area contributed by atoms with Gasteiger partial charge in [0.1, 0.15) is 6.54 Å². The second-order valence-corrected chi connectivity index (χ2v) is 2.97. The van der Waals surface area contributed by atoms with Gasteiger partial charge in [0.2, 0.25) is 11.8 Å². The van der Waals surface area contributed by atoms with E-state index in [1.54, 1.807) is 0 Å². The topological polar surface area (TPSA) is 96.9 Å². The minimum absolute atomic E-state index is 0.0473. The first-order valence-corrected chi connectivity index (χ1v) is 4.12. The van der Waals surface area contributed by atoms with Gasteiger partial charge in [-0.1, -0.05) is 0 Å². The molecular formula is C7H8N2O5S. The number of carboxylic acid groups (broad SMARTS) is 1. The molecule has 0 aliphatic heterocycles. The lowest BCUT2D eigenvalue weighted by atomic mass is 10.6. The molecule has 1 heterocycles. The van der Waals surface area contributed by atoms with Crippen LogP contribution >= 0.6 is 12.2 Å². The van der Waals surface area contributed by atoms with Crippen LogP contribution in [0.3, 0.4) is 0 Å². The van der Waals surface area contributed by atoms with Gasteiger partial charge >= 0.3 is 5.97 Å². The third kappa shape index (κ3) is 2.17. The average Bonchev–Trinajstić information content (AvgIpc) is 2.44. The van der Waals surface area contributed by atoms with E-state index in [0.717, 1.165) is 15.3 Å². The SMILES string of the molecule is C=C(OO)n1cc(O)n(CC(=O)O)c1=S. The molecule has 3 N–H and O–H groups in total. The molecular weight excluding hydrogens is 224 g/mol. The minimum Gasteiger partial charge on any atom is -0.493 e. The van der Waals surface area contributed by atoms with Crippen LogP contribution in [0.5, 0.6) is 5.88 Å². The summed E-state index contributed by atoms with van der Waals surface area (Å²) in [6.45, 7) is 2.80. The Balaban J connectivity index is 3.20. The molecule has 0 saturated carbocycles. The number of carbonyl (C=O) groups is 1. The molecule has 0 bridgehead atoms. The van der Waals surface area contributed by atoms with E-state index in [1.165, 1.54) is 0 Å². The highest BCUT2D eigenvalue weighted by molar-refractivity contribution is 7.71. The molecule has 1 aromatic heterocycles. The molecule has 1 aromatic rings. The van der Waals surface area contributed by atoms with E-state index in [4.69, 9.17) is 22.6 Å². The smallest absolute Gasteiger partial charge is 0.323 e. The maximum absolute atomic E-state index is 10.4. The van der Waals surface area contributed by atoms with Gasteiger partial charge in [-0.05, 0) is 18.8 Å². The molecule has 15 heavy (non-hydrogen) atoms. The summed E-state index contributed by atoms with van der Waals surface area (Å²) < 4.78 is 1.93. The predicted molar refractivity (Wildman–Crippen MR) is 51.6 cm³/mol. The van der Waals surface area contributed by atoms with E-state index in [-0.39, 0.29) is 16.5 Å². The number of nitrogens with zero attached hydrogens (tertiary/aromatic N) is 2. The lowest BCUT2D eigenvalue weighted by Crippen LogP contribution is -2.09. The van der Waals surface area contributed by atoms with Crippen molar-refractivity contribution in [2.45, 2.75) is 6.54 Å². The number of hydrogen-bond acceptors (Lipinski definition) is 5. The molecule has 0 atom stereocenters. The Hall–Kier alpha value is -1.80. The fourth-order valence-corrected chi connectivity index (χ4v) is 1.29. The molecule has 82 valence electrons. The summed E-state index contributed by atoms with van der Waals surface area (Å²) in [5, 5.41) is 26.2. The number of carboxylic acids is 1. The Morgan fingerprint density at radius 3 is 2.73 bits per heavy atom. The molecule has 0 saturated heterocycles. The summed E-state index contributed by atoms with van der Waals surface area (Å²) in [5.41, 5.74) is 0. The van der Waals surface area contributed by atoms with Crippen molar-refractivity contribution in [2.75, 3.05) is 0 Å². The molecule has 1 rings (SSSR count). The van der Waals surface area contributed by atoms with E-state index in [0.29, 0.717) is 0 Å². The monoisotopic (exact) mass is 232 g/mol. The van der Waals surface area contributed by atoms with Crippen molar-refractivity contribution in [3.05, 3.63) is 17.5 Å². The van der Waals surface area contributed by atoms with Crippen molar-refractivity contribution in [2.24, 2.45) is 0 Å². The van der Waals surface area contributed by atoms with Crippen molar-refractivity contribution in [3.63, 3.8) is 0 Å². The predicted octanol–water partition coefficient (Wildman–Crippen LogP) is 0.727. The molecule has 0 aromatic carbocycles. The van der Waals surface area contributed by atoms with E-state index in [2.05, 4.69) is 11.5 Å². The summed E-state index contributed by atoms with van der Waals surface area (Å²) in [6, 6.07) is 0. The van der Waals surface area contributed by atoms with Gasteiger partial charge in [0, 0.05) is 0 Å². The molecule has 0 aliphatic carbocycles. The molecule has 0 aliphatic rings. The van der Waals surface area contributed by atoms with Gasteiger partial charge < -0.3 is 15.1 Å². The fraction of sp³-hybridized carbons (Fsp3) is 0.143. The number of hydrogen-bond donors (Lipinski definition) is 3. The van der Waals surface area contributed by atoms with Gasteiger partial charge in [0.25, 0.3) is 0 Å². The molecule has 0 radical (unpaired) electrons. The molecule has 0 spiro atoms. The highest BCUT2D eigenvalue weighted by Gasteiger charge is 2.12. The molecule has 0 amide bonds. The van der Waals surface area contributed by atoms with Crippen molar-refractivity contribution >= 4 is 24.1 Å². The Labute approximate surface area is 89.0 Å². The number of aliphatic carboxylic acids is 1. The van der Waals surface area contributed by atoms with Crippen molar-refractivity contribution in [3.8, 4) is 5.88 Å². The number of imidazole rings is 1. The summed E-state index contributed by atoms with van der Waals surface area (Å²) in [5.74, 6) is -1.75. The van der Waals surface area contributed by atoms with Crippen LogP contribution < -0.4 is 0 Å². The van der Waals surface area contributed by atoms with Gasteiger partial charge in [-0.15, -0.1) is 0 Å². The quantitative estimate of drug-likeness (QED) is 0.306. The first-order chi connectivity index (χ1) is 6.97. The Morgan fingerprint density at radius 1 is 1.67 bits per heavy atom. The van der Waals surface area contributed by atoms with Gasteiger partial charge in [-0.2, -0.15) is 0 Å². The second-order valence-electron chi connectivity index (χ2n) is 2.60. The first kappa shape index (κ1) is 11.3. The summed E-state index contributed by atoms with van der Waals surface area (Å²) >= 11 is 4.82. The molecule has 0 unspecified atom stereocenters. The van der Waals surface area contributed by atoms with E-state index in [1.807, 2.05) is 0 Å². The third-order valence-electron chi connectivity index (χ3n) is 1.63. The normalized spacial score (nSPS) is 9.93. The van der Waals surface area contributed by atoms with Crippen LogP contribution in [0.15, 0.2) is 12.8 Å². The van der Waals surface area contributed by atoms with Gasteiger partial charge in [-0.25, -0.2) is 5.26 Å². The molecule has 8 heteroatoms. The molecule has 7 nitrogen and oxygen atoms in total. The van der Waals surface area contributed by atoms with Gasteiger partial charge in [0.05, 0.1) is 6.20 Å². The van der Waals surface area contributed by atoms with Crippen LogP contribution in [-0.2, 0) is 16.2 Å². The zero-order chi connectivity index (χ0) is 11.6. The largest absolute Gasteiger partial charge is 0.493 e. The Morgan fingerprint density at radius 2 is 2.27 bits per heavy atom. The number of aromatic nitrogens is 2. The number of aromatic hydroxyl groups is 1. The minimum atomic E-state index is -1.16. The highest BCUT2D eigenvalue weighted by atomic mass is 32.1. The van der Waals surface area contributed by atoms with Gasteiger partial charge in [-0.3, -0.25) is 13.9 Å². The average molecular weight is 232 g/mol. The maximum atomic E-state index is 10.4. The fourth-order valence-electron chi connectivity index (χ4n) is 0.975. The lowest BCUT2D eigenvalue weighted by molar-refractivity contribution is -0.176. The van der Waals surface area contributed by atoms with Crippen LogP contribution in [0.4, 0.5) is 0 Å².